The summed E-state index contributed by atoms with van der Waals surface area (Å²) < 4.78 is 2.51. The average molecular weight is 831 g/mol. The first-order valence-corrected chi connectivity index (χ1v) is 22.6. The van der Waals surface area contributed by atoms with E-state index < -0.39 is 0 Å². The Kier molecular flexibility index (Phi) is 9.21. The maximum Gasteiger partial charge on any atom is 0.0619 e. The first-order chi connectivity index (χ1) is 32.0. The molecule has 0 N–H and O–H groups in total. The van der Waals surface area contributed by atoms with Crippen molar-refractivity contribution in [2.75, 3.05) is 4.90 Å². The molecule has 65 heavy (non-hydrogen) atoms. The van der Waals surface area contributed by atoms with Crippen LogP contribution in [0.2, 0.25) is 0 Å². The minimum absolute atomic E-state index is 0.120. The number of anilines is 3. The molecule has 308 valence electrons. The summed E-state index contributed by atoms with van der Waals surface area (Å²) in [6.45, 7) is 4.73. The van der Waals surface area contributed by atoms with E-state index >= 15 is 0 Å². The van der Waals surface area contributed by atoms with Crippen molar-refractivity contribution < 1.29 is 0 Å². The van der Waals surface area contributed by atoms with E-state index in [1.807, 2.05) is 0 Å². The van der Waals surface area contributed by atoms with Crippen LogP contribution in [-0.4, -0.2) is 4.57 Å². The third-order valence-corrected chi connectivity index (χ3v) is 13.5. The van der Waals surface area contributed by atoms with Crippen LogP contribution in [0.25, 0.3) is 83.8 Å². The third-order valence-electron chi connectivity index (χ3n) is 13.5. The van der Waals surface area contributed by atoms with Crippen LogP contribution in [0.5, 0.6) is 0 Å². The highest BCUT2D eigenvalue weighted by atomic mass is 15.1. The Morgan fingerprint density at radius 3 is 1.77 bits per heavy atom. The number of hydrogen-bond acceptors (Lipinski definition) is 1. The molecule has 0 unspecified atom stereocenters. The molecule has 0 saturated heterocycles. The van der Waals surface area contributed by atoms with Gasteiger partial charge in [0.25, 0.3) is 0 Å². The molecule has 12 rings (SSSR count). The fraction of sp³-hybridized carbons (Fsp3) is 0.0476. The van der Waals surface area contributed by atoms with E-state index in [4.69, 9.17) is 0 Å². The molecular weight excluding hydrogens is 785 g/mol. The Bertz CT molecular complexity index is 3600. The molecule has 1 aromatic heterocycles. The Labute approximate surface area is 380 Å². The highest BCUT2D eigenvalue weighted by Gasteiger charge is 2.36. The molecule has 0 bridgehead atoms. The monoisotopic (exact) mass is 830 g/mol. The van der Waals surface area contributed by atoms with E-state index in [2.05, 4.69) is 266 Å². The largest absolute Gasteiger partial charge is 0.310 e. The molecule has 0 atom stereocenters. The topological polar surface area (TPSA) is 8.17 Å². The minimum Gasteiger partial charge on any atom is -0.310 e. The maximum absolute atomic E-state index is 2.51. The van der Waals surface area contributed by atoms with Crippen molar-refractivity contribution in [3.05, 3.63) is 253 Å². The Balaban J connectivity index is 0.977. The molecule has 1 aliphatic carbocycles. The summed E-state index contributed by atoms with van der Waals surface area (Å²) in [7, 11) is 0. The predicted molar refractivity (Wildman–Crippen MR) is 277 cm³/mol. The summed E-state index contributed by atoms with van der Waals surface area (Å²) >= 11 is 0. The highest BCUT2D eigenvalue weighted by Crippen LogP contribution is 2.51. The number of rotatable bonds is 8. The zero-order chi connectivity index (χ0) is 43.5. The molecule has 0 amide bonds. The number of benzene rings is 10. The van der Waals surface area contributed by atoms with Crippen molar-refractivity contribution in [3.8, 4) is 39.2 Å². The van der Waals surface area contributed by atoms with Gasteiger partial charge in [-0.1, -0.05) is 208 Å². The van der Waals surface area contributed by atoms with Crippen LogP contribution in [0.1, 0.15) is 36.1 Å². The van der Waals surface area contributed by atoms with Gasteiger partial charge in [0.1, 0.15) is 0 Å². The van der Waals surface area contributed by atoms with Gasteiger partial charge in [0.05, 0.1) is 16.9 Å². The van der Waals surface area contributed by atoms with E-state index in [0.717, 1.165) is 33.9 Å². The fourth-order valence-electron chi connectivity index (χ4n) is 10.4. The van der Waals surface area contributed by atoms with Crippen LogP contribution < -0.4 is 4.90 Å². The van der Waals surface area contributed by atoms with Crippen molar-refractivity contribution in [1.82, 2.24) is 4.57 Å². The summed E-state index contributed by atoms with van der Waals surface area (Å²) in [5.41, 5.74) is 18.1. The van der Waals surface area contributed by atoms with E-state index in [9.17, 15) is 0 Å². The molecule has 0 fully saturated rings. The predicted octanol–water partition coefficient (Wildman–Crippen LogP) is 17.2. The zero-order valence-electron chi connectivity index (χ0n) is 36.5. The lowest BCUT2D eigenvalue weighted by Gasteiger charge is -2.27. The highest BCUT2D eigenvalue weighted by molar-refractivity contribution is 6.14. The Hall–Kier alpha value is -8.20. The first kappa shape index (κ1) is 38.5. The molecule has 0 aliphatic heterocycles. The van der Waals surface area contributed by atoms with Gasteiger partial charge in [0.15, 0.2) is 0 Å². The average Bonchev–Trinajstić information content (AvgIpc) is 3.82. The van der Waals surface area contributed by atoms with E-state index in [1.54, 1.807) is 0 Å². The molecule has 1 heterocycles. The standard InChI is InChI=1S/C63H46N2/c1-63(2)57-29-17-16-27-53(57)54-39-37-50(42-58(54)63)65-59-40-44(34-38-56(59)61(45-18-6-3-7-19-45)62(65)46-20-8-4-9-21-46)31-30-43-32-35-49(36-33-43)64(48-23-10-5-11-24-48)60-41-47-22-12-13-25-51(47)52-26-14-15-28-55(52)60/h3-42H,1-2H3. The number of para-hydroxylation sites is 1. The van der Waals surface area contributed by atoms with E-state index in [0.29, 0.717) is 0 Å². The molecule has 0 saturated carbocycles. The zero-order valence-corrected chi connectivity index (χ0v) is 36.5. The number of fused-ring (bicyclic) bond motifs is 7. The van der Waals surface area contributed by atoms with Crippen LogP contribution in [-0.2, 0) is 5.41 Å². The minimum atomic E-state index is -0.120. The summed E-state index contributed by atoms with van der Waals surface area (Å²) in [6, 6.07) is 84.2. The molecule has 0 spiro atoms. The second-order valence-corrected chi connectivity index (χ2v) is 17.7. The number of aromatic nitrogens is 1. The Morgan fingerprint density at radius 2 is 1.00 bits per heavy atom. The molecule has 2 heteroatoms. The van der Waals surface area contributed by atoms with Gasteiger partial charge in [0.2, 0.25) is 0 Å². The normalized spacial score (nSPS) is 12.8. The van der Waals surface area contributed by atoms with Gasteiger partial charge in [-0.15, -0.1) is 0 Å². The molecule has 1 aliphatic rings. The van der Waals surface area contributed by atoms with E-state index in [1.165, 1.54) is 77.1 Å². The molecule has 11 aromatic rings. The number of nitrogens with zero attached hydrogens (tertiary/aromatic N) is 2. The molecule has 10 aromatic carbocycles. The smallest absolute Gasteiger partial charge is 0.0619 e. The van der Waals surface area contributed by atoms with Crippen molar-refractivity contribution in [1.29, 1.82) is 0 Å². The second-order valence-electron chi connectivity index (χ2n) is 17.7. The maximum atomic E-state index is 2.51. The molecular formula is C63H46N2. The summed E-state index contributed by atoms with van der Waals surface area (Å²) in [5.74, 6) is 0. The summed E-state index contributed by atoms with van der Waals surface area (Å²) in [6.07, 6.45) is 4.49. The summed E-state index contributed by atoms with van der Waals surface area (Å²) in [4.78, 5) is 2.39. The SMILES string of the molecule is CC1(C)c2ccccc2-c2ccc(-n3c(-c4ccccc4)c(-c4ccccc4)c4ccc(C=Cc5ccc(N(c6ccccc6)c6cc7ccccc7c7ccccc67)cc5)cc43)cc21. The van der Waals surface area contributed by atoms with Gasteiger partial charge in [-0.3, -0.25) is 0 Å². The van der Waals surface area contributed by atoms with Gasteiger partial charge in [-0.05, 0) is 109 Å². The van der Waals surface area contributed by atoms with Crippen LogP contribution in [0.4, 0.5) is 17.1 Å². The van der Waals surface area contributed by atoms with Gasteiger partial charge < -0.3 is 9.47 Å². The quantitative estimate of drug-likeness (QED) is 0.109. The van der Waals surface area contributed by atoms with Crippen LogP contribution in [0.15, 0.2) is 231 Å². The van der Waals surface area contributed by atoms with Crippen LogP contribution in [0.3, 0.4) is 0 Å². The van der Waals surface area contributed by atoms with Crippen molar-refractivity contribution >= 4 is 61.7 Å². The van der Waals surface area contributed by atoms with Gasteiger partial charge >= 0.3 is 0 Å². The van der Waals surface area contributed by atoms with Crippen molar-refractivity contribution in [2.24, 2.45) is 0 Å². The Morgan fingerprint density at radius 1 is 0.415 bits per heavy atom. The van der Waals surface area contributed by atoms with Crippen molar-refractivity contribution in [3.63, 3.8) is 0 Å². The lowest BCUT2D eigenvalue weighted by molar-refractivity contribution is 0.660. The molecule has 0 radical (unpaired) electrons. The summed E-state index contributed by atoms with van der Waals surface area (Å²) in [5, 5.41) is 6.19. The second kappa shape index (κ2) is 15.6. The van der Waals surface area contributed by atoms with Gasteiger partial charge in [0, 0.05) is 38.8 Å². The lowest BCUT2D eigenvalue weighted by atomic mass is 9.82. The van der Waals surface area contributed by atoms with Crippen molar-refractivity contribution in [2.45, 2.75) is 19.3 Å². The van der Waals surface area contributed by atoms with Crippen LogP contribution >= 0.6 is 0 Å². The van der Waals surface area contributed by atoms with E-state index in [-0.39, 0.29) is 5.41 Å². The van der Waals surface area contributed by atoms with Crippen LogP contribution in [0, 0.1) is 0 Å². The third kappa shape index (κ3) is 6.49. The first-order valence-electron chi connectivity index (χ1n) is 22.6. The van der Waals surface area contributed by atoms with Gasteiger partial charge in [-0.25, -0.2) is 0 Å². The molecule has 2 nitrogen and oxygen atoms in total. The van der Waals surface area contributed by atoms with Gasteiger partial charge in [-0.2, -0.15) is 0 Å². The lowest BCUT2D eigenvalue weighted by Crippen LogP contribution is -2.15. The number of hydrogen-bond donors (Lipinski definition) is 0. The fourth-order valence-corrected chi connectivity index (χ4v) is 10.4.